The average molecular weight is 397 g/mol. The monoisotopic (exact) mass is 395 g/mol. The molecule has 1 atom stereocenters. The van der Waals surface area contributed by atoms with E-state index >= 15 is 0 Å². The van der Waals surface area contributed by atoms with Crippen LogP contribution in [0.4, 0.5) is 0 Å². The Bertz CT molecular complexity index is 736. The van der Waals surface area contributed by atoms with Crippen LogP contribution in [-0.4, -0.2) is 0 Å². The van der Waals surface area contributed by atoms with E-state index in [1.807, 2.05) is 0 Å². The van der Waals surface area contributed by atoms with Crippen molar-refractivity contribution in [2.75, 3.05) is 0 Å². The molecule has 0 saturated carbocycles. The Labute approximate surface area is 132 Å². The molecule has 0 aliphatic rings. The third-order valence-corrected chi connectivity index (χ3v) is 5.41. The Balaban J connectivity index is 2.06. The summed E-state index contributed by atoms with van der Waals surface area (Å²) >= 11 is 8.70. The molecule has 3 rings (SSSR count). The lowest BCUT2D eigenvalue weighted by Crippen LogP contribution is -2.11. The van der Waals surface area contributed by atoms with Crippen LogP contribution in [0.2, 0.25) is 0 Å². The maximum atomic E-state index is 6.35. The summed E-state index contributed by atoms with van der Waals surface area (Å²) in [7, 11) is 0. The first-order valence-electron chi connectivity index (χ1n) is 5.81. The third-order valence-electron chi connectivity index (χ3n) is 3.16. The normalized spacial score (nSPS) is 12.8. The Kier molecular flexibility index (Phi) is 3.76. The second kappa shape index (κ2) is 5.37. The number of thiophene rings is 1. The Morgan fingerprint density at radius 1 is 0.947 bits per heavy atom. The minimum atomic E-state index is -0.0892. The summed E-state index contributed by atoms with van der Waals surface area (Å²) in [6.45, 7) is 0. The van der Waals surface area contributed by atoms with Gasteiger partial charge in [0.15, 0.2) is 0 Å². The van der Waals surface area contributed by atoms with Gasteiger partial charge in [-0.15, -0.1) is 0 Å². The predicted octanol–water partition coefficient (Wildman–Crippen LogP) is 5.47. The first-order valence-corrected chi connectivity index (χ1v) is 8.34. The molecule has 19 heavy (non-hydrogen) atoms. The molecule has 0 bridgehead atoms. The quantitative estimate of drug-likeness (QED) is 0.610. The van der Waals surface area contributed by atoms with Gasteiger partial charge in [0.05, 0.1) is 6.04 Å². The molecule has 0 amide bonds. The third kappa shape index (κ3) is 2.63. The molecule has 0 aliphatic carbocycles. The van der Waals surface area contributed by atoms with Gasteiger partial charge in [-0.3, -0.25) is 0 Å². The lowest BCUT2D eigenvalue weighted by Gasteiger charge is -2.12. The van der Waals surface area contributed by atoms with E-state index < -0.39 is 0 Å². The highest BCUT2D eigenvalue weighted by atomic mass is 79.9. The van der Waals surface area contributed by atoms with E-state index in [2.05, 4.69) is 79.0 Å². The first-order chi connectivity index (χ1) is 9.15. The van der Waals surface area contributed by atoms with Crippen LogP contribution in [0.3, 0.4) is 0 Å². The number of fused-ring (bicyclic) bond motifs is 1. The van der Waals surface area contributed by atoms with Crippen molar-refractivity contribution in [3.05, 3.63) is 67.2 Å². The summed E-state index contributed by atoms with van der Waals surface area (Å²) in [6.07, 6.45) is 0. The number of nitrogens with two attached hydrogens (primary N) is 1. The van der Waals surface area contributed by atoms with Gasteiger partial charge in [0, 0.05) is 14.3 Å². The molecule has 0 fully saturated rings. The molecule has 0 aliphatic heterocycles. The van der Waals surface area contributed by atoms with Crippen LogP contribution in [0.25, 0.3) is 10.8 Å². The van der Waals surface area contributed by atoms with Crippen LogP contribution in [0.5, 0.6) is 0 Å². The van der Waals surface area contributed by atoms with Crippen molar-refractivity contribution in [3.8, 4) is 0 Å². The smallest absolute Gasteiger partial charge is 0.0571 e. The number of rotatable bonds is 2. The number of hydrogen-bond donors (Lipinski definition) is 1. The molecule has 0 saturated heterocycles. The van der Waals surface area contributed by atoms with Crippen LogP contribution in [0.15, 0.2) is 56.1 Å². The minimum absolute atomic E-state index is 0.0892. The fraction of sp³-hybridized carbons (Fsp3) is 0.0667. The Morgan fingerprint density at radius 3 is 2.42 bits per heavy atom. The summed E-state index contributed by atoms with van der Waals surface area (Å²) in [5, 5.41) is 6.59. The van der Waals surface area contributed by atoms with E-state index in [1.54, 1.807) is 11.3 Å². The van der Waals surface area contributed by atoms with Crippen molar-refractivity contribution in [3.63, 3.8) is 0 Å². The maximum absolute atomic E-state index is 6.35. The number of hydrogen-bond acceptors (Lipinski definition) is 2. The Hall–Kier alpha value is -0.680. The molecule has 2 aromatic carbocycles. The fourth-order valence-electron chi connectivity index (χ4n) is 2.12. The molecule has 0 radical (unpaired) electrons. The predicted molar refractivity (Wildman–Crippen MR) is 89.7 cm³/mol. The van der Waals surface area contributed by atoms with Gasteiger partial charge >= 0.3 is 0 Å². The van der Waals surface area contributed by atoms with Gasteiger partial charge < -0.3 is 5.73 Å². The van der Waals surface area contributed by atoms with Gasteiger partial charge in [-0.05, 0) is 61.4 Å². The molecule has 0 spiro atoms. The van der Waals surface area contributed by atoms with Crippen LogP contribution < -0.4 is 5.73 Å². The maximum Gasteiger partial charge on any atom is 0.0571 e. The molecule has 1 aromatic heterocycles. The van der Waals surface area contributed by atoms with Crippen molar-refractivity contribution in [1.82, 2.24) is 0 Å². The van der Waals surface area contributed by atoms with Crippen molar-refractivity contribution < 1.29 is 0 Å². The highest BCUT2D eigenvalue weighted by Crippen LogP contribution is 2.31. The zero-order chi connectivity index (χ0) is 13.4. The lowest BCUT2D eigenvalue weighted by atomic mass is 9.99. The number of halogens is 2. The highest BCUT2D eigenvalue weighted by molar-refractivity contribution is 9.10. The second-order valence-corrected chi connectivity index (χ2v) is 6.92. The molecule has 1 unspecified atom stereocenters. The summed E-state index contributed by atoms with van der Waals surface area (Å²) in [4.78, 5) is 0. The van der Waals surface area contributed by atoms with Gasteiger partial charge in [0.2, 0.25) is 0 Å². The topological polar surface area (TPSA) is 26.0 Å². The van der Waals surface area contributed by atoms with E-state index in [1.165, 1.54) is 10.8 Å². The number of benzene rings is 2. The Morgan fingerprint density at radius 2 is 1.68 bits per heavy atom. The van der Waals surface area contributed by atoms with E-state index in [-0.39, 0.29) is 6.04 Å². The van der Waals surface area contributed by atoms with Gasteiger partial charge in [0.25, 0.3) is 0 Å². The van der Waals surface area contributed by atoms with E-state index in [0.29, 0.717) is 0 Å². The molecular formula is C15H11Br2NS. The largest absolute Gasteiger partial charge is 0.320 e. The van der Waals surface area contributed by atoms with E-state index in [4.69, 9.17) is 5.73 Å². The molecule has 4 heteroatoms. The lowest BCUT2D eigenvalue weighted by molar-refractivity contribution is 0.874. The van der Waals surface area contributed by atoms with Gasteiger partial charge in [-0.2, -0.15) is 11.3 Å². The fourth-order valence-corrected chi connectivity index (χ4v) is 4.08. The van der Waals surface area contributed by atoms with Crippen LogP contribution in [0.1, 0.15) is 17.2 Å². The summed E-state index contributed by atoms with van der Waals surface area (Å²) < 4.78 is 2.18. The summed E-state index contributed by atoms with van der Waals surface area (Å²) in [5.41, 5.74) is 8.62. The summed E-state index contributed by atoms with van der Waals surface area (Å²) in [6, 6.07) is 12.6. The van der Waals surface area contributed by atoms with Gasteiger partial charge in [0.1, 0.15) is 0 Å². The molecule has 3 aromatic rings. The van der Waals surface area contributed by atoms with Gasteiger partial charge in [-0.25, -0.2) is 0 Å². The van der Waals surface area contributed by atoms with E-state index in [9.17, 15) is 0 Å². The SMILES string of the molecule is NC(c1ccc2cc(Br)ccc2c1)c1cscc1Br. The minimum Gasteiger partial charge on any atom is -0.320 e. The summed E-state index contributed by atoms with van der Waals surface area (Å²) in [5.74, 6) is 0. The van der Waals surface area contributed by atoms with Gasteiger partial charge in [-0.1, -0.05) is 34.1 Å². The molecule has 2 N–H and O–H groups in total. The second-order valence-electron chi connectivity index (χ2n) is 4.40. The molecule has 96 valence electrons. The van der Waals surface area contributed by atoms with Crippen LogP contribution in [-0.2, 0) is 0 Å². The molecule has 1 nitrogen and oxygen atoms in total. The van der Waals surface area contributed by atoms with Crippen molar-refractivity contribution in [2.45, 2.75) is 6.04 Å². The van der Waals surface area contributed by atoms with Crippen molar-refractivity contribution >= 4 is 54.0 Å². The van der Waals surface area contributed by atoms with Crippen LogP contribution in [0, 0.1) is 0 Å². The molecular weight excluding hydrogens is 386 g/mol. The highest BCUT2D eigenvalue weighted by Gasteiger charge is 2.13. The molecule has 1 heterocycles. The standard InChI is InChI=1S/C15H11Br2NS/c16-12-4-3-9-5-11(2-1-10(9)6-12)15(18)13-7-19-8-14(13)17/h1-8,15H,18H2. The van der Waals surface area contributed by atoms with Crippen molar-refractivity contribution in [2.24, 2.45) is 5.73 Å². The van der Waals surface area contributed by atoms with Crippen LogP contribution >= 0.6 is 43.2 Å². The zero-order valence-electron chi connectivity index (χ0n) is 9.94. The first kappa shape index (κ1) is 13.3. The van der Waals surface area contributed by atoms with E-state index in [0.717, 1.165) is 20.1 Å². The average Bonchev–Trinajstić information content (AvgIpc) is 2.83. The zero-order valence-corrected chi connectivity index (χ0v) is 13.9. The van der Waals surface area contributed by atoms with Crippen molar-refractivity contribution in [1.29, 1.82) is 0 Å².